The minimum Gasteiger partial charge on any atom is -0.481 e. The quantitative estimate of drug-likeness (QED) is 0.756. The van der Waals surface area contributed by atoms with Gasteiger partial charge in [0.2, 0.25) is 0 Å². The molecule has 0 unspecified atom stereocenters. The molecule has 0 heterocycles. The molecule has 1 aromatic rings. The number of carboxylic acid groups (broad SMARTS) is 1. The Hall–Kier alpha value is -1.61. The molecule has 0 saturated heterocycles. The average Bonchev–Trinajstić information content (AvgIpc) is 2.17. The summed E-state index contributed by atoms with van der Waals surface area (Å²) in [6, 6.07) is 7.64. The van der Waals surface area contributed by atoms with E-state index < -0.39 is 5.97 Å². The topological polar surface area (TPSA) is 57.5 Å². The lowest BCUT2D eigenvalue weighted by molar-refractivity contribution is -0.134. The van der Waals surface area contributed by atoms with Crippen molar-refractivity contribution in [3.63, 3.8) is 0 Å². The first-order valence-electron chi connectivity index (χ1n) is 4.12. The summed E-state index contributed by atoms with van der Waals surface area (Å²) in [4.78, 5) is 9.00. The van der Waals surface area contributed by atoms with E-state index in [1.54, 1.807) is 6.08 Å². The Bertz CT molecular complexity index is 301. The minimum absolute atomic E-state index is 0.0855. The molecule has 0 atom stereocenters. The molecule has 0 aliphatic heterocycles. The molecule has 0 fully saturated rings. The van der Waals surface area contributed by atoms with E-state index in [2.05, 4.69) is 6.58 Å². The Morgan fingerprint density at radius 2 is 2.00 bits per heavy atom. The van der Waals surface area contributed by atoms with Crippen molar-refractivity contribution in [2.24, 2.45) is 0 Å². The van der Waals surface area contributed by atoms with Gasteiger partial charge >= 0.3 is 0 Å². The average molecular weight is 194 g/mol. The Labute approximate surface area is 83.3 Å². The molecule has 0 aliphatic rings. The predicted molar refractivity (Wildman–Crippen MR) is 55.8 cm³/mol. The third kappa shape index (κ3) is 5.11. The maximum Gasteiger partial charge on any atom is 0.300 e. The second kappa shape index (κ2) is 6.86. The van der Waals surface area contributed by atoms with Crippen LogP contribution >= 0.6 is 0 Å². The molecule has 0 aliphatic carbocycles. The van der Waals surface area contributed by atoms with Gasteiger partial charge in [0.15, 0.2) is 0 Å². The van der Waals surface area contributed by atoms with Crippen LogP contribution in [0.4, 0.5) is 0 Å². The Balaban J connectivity index is 0.000000364. The lowest BCUT2D eigenvalue weighted by Gasteiger charge is -1.99. The van der Waals surface area contributed by atoms with E-state index in [1.807, 2.05) is 24.3 Å². The number of hydrogen-bond acceptors (Lipinski definition) is 2. The van der Waals surface area contributed by atoms with Gasteiger partial charge < -0.3 is 10.2 Å². The van der Waals surface area contributed by atoms with Crippen LogP contribution in [-0.4, -0.2) is 16.2 Å². The number of aliphatic carboxylic acids is 1. The smallest absolute Gasteiger partial charge is 0.300 e. The van der Waals surface area contributed by atoms with Gasteiger partial charge in [0.25, 0.3) is 5.97 Å². The van der Waals surface area contributed by atoms with Crippen LogP contribution in [0, 0.1) is 0 Å². The molecule has 1 aromatic carbocycles. The van der Waals surface area contributed by atoms with Crippen LogP contribution < -0.4 is 0 Å². The number of aliphatic hydroxyl groups is 1. The van der Waals surface area contributed by atoms with E-state index in [0.29, 0.717) is 0 Å². The number of rotatable bonds is 2. The van der Waals surface area contributed by atoms with Gasteiger partial charge in [-0.15, -0.1) is 0 Å². The first-order chi connectivity index (χ1) is 6.61. The van der Waals surface area contributed by atoms with Crippen molar-refractivity contribution in [2.45, 2.75) is 13.5 Å². The molecular formula is C11H14O3. The van der Waals surface area contributed by atoms with E-state index in [4.69, 9.17) is 15.0 Å². The summed E-state index contributed by atoms with van der Waals surface area (Å²) in [5.41, 5.74) is 1.93. The van der Waals surface area contributed by atoms with Crippen LogP contribution in [0.1, 0.15) is 18.1 Å². The molecule has 1 rings (SSSR count). The van der Waals surface area contributed by atoms with Gasteiger partial charge in [-0.1, -0.05) is 36.9 Å². The summed E-state index contributed by atoms with van der Waals surface area (Å²) >= 11 is 0. The first kappa shape index (κ1) is 12.4. The molecule has 3 heteroatoms. The summed E-state index contributed by atoms with van der Waals surface area (Å²) in [6.45, 7) is 4.80. The summed E-state index contributed by atoms with van der Waals surface area (Å²) in [7, 11) is 0. The maximum atomic E-state index is 9.00. The standard InChI is InChI=1S/C9H10O.C2H4O2/c1-2-8-5-3-4-6-9(8)7-10;1-2(3)4/h2-6,10H,1,7H2;1H3,(H,3,4). The number of aliphatic hydroxyl groups excluding tert-OH is 1. The van der Waals surface area contributed by atoms with Crippen LogP contribution in [0.25, 0.3) is 6.08 Å². The Kier molecular flexibility index (Phi) is 6.07. The highest BCUT2D eigenvalue weighted by Gasteiger charge is 1.92. The zero-order valence-corrected chi connectivity index (χ0v) is 8.10. The Morgan fingerprint density at radius 1 is 1.50 bits per heavy atom. The van der Waals surface area contributed by atoms with Crippen LogP contribution in [0.2, 0.25) is 0 Å². The monoisotopic (exact) mass is 194 g/mol. The highest BCUT2D eigenvalue weighted by atomic mass is 16.4. The fraction of sp³-hybridized carbons (Fsp3) is 0.182. The number of carboxylic acids is 1. The van der Waals surface area contributed by atoms with Gasteiger partial charge in [-0.3, -0.25) is 4.79 Å². The second-order valence-electron chi connectivity index (χ2n) is 2.58. The maximum absolute atomic E-state index is 9.00. The van der Waals surface area contributed by atoms with E-state index in [9.17, 15) is 0 Å². The summed E-state index contributed by atoms with van der Waals surface area (Å²) < 4.78 is 0. The normalized spacial score (nSPS) is 8.43. The van der Waals surface area contributed by atoms with E-state index in [0.717, 1.165) is 18.1 Å². The molecule has 14 heavy (non-hydrogen) atoms. The van der Waals surface area contributed by atoms with Crippen LogP contribution in [0.3, 0.4) is 0 Å². The molecule has 76 valence electrons. The lowest BCUT2D eigenvalue weighted by atomic mass is 10.1. The number of benzene rings is 1. The molecule has 0 saturated carbocycles. The van der Waals surface area contributed by atoms with Crippen LogP contribution in [0.15, 0.2) is 30.8 Å². The molecule has 0 amide bonds. The van der Waals surface area contributed by atoms with Crippen LogP contribution in [-0.2, 0) is 11.4 Å². The number of hydrogen-bond donors (Lipinski definition) is 2. The highest BCUT2D eigenvalue weighted by molar-refractivity contribution is 5.62. The highest BCUT2D eigenvalue weighted by Crippen LogP contribution is 2.08. The zero-order valence-electron chi connectivity index (χ0n) is 8.10. The van der Waals surface area contributed by atoms with E-state index in [1.165, 1.54) is 0 Å². The van der Waals surface area contributed by atoms with E-state index >= 15 is 0 Å². The summed E-state index contributed by atoms with van der Waals surface area (Å²) in [5.74, 6) is -0.833. The lowest BCUT2D eigenvalue weighted by Crippen LogP contribution is -1.85. The van der Waals surface area contributed by atoms with Gasteiger partial charge in [0, 0.05) is 6.92 Å². The van der Waals surface area contributed by atoms with Crippen molar-refractivity contribution in [1.29, 1.82) is 0 Å². The molecular weight excluding hydrogens is 180 g/mol. The SMILES string of the molecule is C=Cc1ccccc1CO.CC(=O)O. The fourth-order valence-electron chi connectivity index (χ4n) is 0.877. The van der Waals surface area contributed by atoms with Gasteiger partial charge in [-0.25, -0.2) is 0 Å². The third-order valence-corrected chi connectivity index (χ3v) is 1.45. The second-order valence-corrected chi connectivity index (χ2v) is 2.58. The third-order valence-electron chi connectivity index (χ3n) is 1.45. The first-order valence-corrected chi connectivity index (χ1v) is 4.12. The molecule has 2 N–H and O–H groups in total. The van der Waals surface area contributed by atoms with Crippen molar-refractivity contribution in [3.05, 3.63) is 42.0 Å². The molecule has 0 radical (unpaired) electrons. The Morgan fingerprint density at radius 3 is 2.36 bits per heavy atom. The zero-order chi connectivity index (χ0) is 11.0. The van der Waals surface area contributed by atoms with Crippen molar-refractivity contribution in [2.75, 3.05) is 0 Å². The van der Waals surface area contributed by atoms with E-state index in [-0.39, 0.29) is 6.61 Å². The van der Waals surface area contributed by atoms with Crippen molar-refractivity contribution < 1.29 is 15.0 Å². The summed E-state index contributed by atoms with van der Waals surface area (Å²) in [6.07, 6.45) is 1.74. The van der Waals surface area contributed by atoms with Crippen molar-refractivity contribution >= 4 is 12.0 Å². The van der Waals surface area contributed by atoms with Gasteiger partial charge in [-0.05, 0) is 11.1 Å². The van der Waals surface area contributed by atoms with Gasteiger partial charge in [-0.2, -0.15) is 0 Å². The predicted octanol–water partition coefficient (Wildman–Crippen LogP) is 1.91. The minimum atomic E-state index is -0.833. The molecule has 0 bridgehead atoms. The van der Waals surface area contributed by atoms with Crippen molar-refractivity contribution in [1.82, 2.24) is 0 Å². The number of carbonyl (C=O) groups is 1. The van der Waals surface area contributed by atoms with Crippen molar-refractivity contribution in [3.8, 4) is 0 Å². The molecule has 3 nitrogen and oxygen atoms in total. The molecule has 0 aromatic heterocycles. The van der Waals surface area contributed by atoms with Gasteiger partial charge in [0.1, 0.15) is 0 Å². The fourth-order valence-corrected chi connectivity index (χ4v) is 0.877. The summed E-state index contributed by atoms with van der Waals surface area (Å²) in [5, 5.41) is 16.2. The largest absolute Gasteiger partial charge is 0.481 e. The molecule has 0 spiro atoms. The van der Waals surface area contributed by atoms with Crippen LogP contribution in [0.5, 0.6) is 0 Å². The van der Waals surface area contributed by atoms with Gasteiger partial charge in [0.05, 0.1) is 6.61 Å².